The predicted octanol–water partition coefficient (Wildman–Crippen LogP) is 2.87. The first-order valence-corrected chi connectivity index (χ1v) is 7.50. The van der Waals surface area contributed by atoms with E-state index in [1.54, 1.807) is 0 Å². The van der Waals surface area contributed by atoms with Crippen LogP contribution in [-0.2, 0) is 30.4 Å². The van der Waals surface area contributed by atoms with E-state index in [1.807, 2.05) is 30.3 Å². The molecule has 0 saturated carbocycles. The van der Waals surface area contributed by atoms with E-state index in [-0.39, 0.29) is 18.0 Å². The lowest BCUT2D eigenvalue weighted by atomic mass is 10.1. The summed E-state index contributed by atoms with van der Waals surface area (Å²) in [6.07, 6.45) is 1.74. The second-order valence-corrected chi connectivity index (χ2v) is 5.04. The van der Waals surface area contributed by atoms with Crippen LogP contribution >= 0.6 is 0 Å². The Morgan fingerprint density at radius 2 is 1.73 bits per heavy atom. The van der Waals surface area contributed by atoms with Gasteiger partial charge in [0.2, 0.25) is 0 Å². The Labute approximate surface area is 131 Å². The fraction of sp³-hybridized carbons (Fsp3) is 0.529. The number of carbonyl (C=O) groups is 2. The third-order valence-electron chi connectivity index (χ3n) is 3.00. The maximum atomic E-state index is 11.1. The molecule has 0 aliphatic rings. The molecule has 0 aromatic heterocycles. The average molecular weight is 308 g/mol. The molecule has 0 radical (unpaired) electrons. The van der Waals surface area contributed by atoms with E-state index >= 15 is 0 Å². The molecule has 1 aromatic carbocycles. The van der Waals surface area contributed by atoms with Gasteiger partial charge in [-0.3, -0.25) is 9.59 Å². The second kappa shape index (κ2) is 10.8. The van der Waals surface area contributed by atoms with Gasteiger partial charge in [-0.05, 0) is 18.4 Å². The van der Waals surface area contributed by atoms with Crippen molar-refractivity contribution in [3.63, 3.8) is 0 Å². The Kier molecular flexibility index (Phi) is 8.91. The highest BCUT2D eigenvalue weighted by molar-refractivity contribution is 5.66. The Balaban J connectivity index is 2.22. The lowest BCUT2D eigenvalue weighted by Crippen LogP contribution is -2.19. The summed E-state index contributed by atoms with van der Waals surface area (Å²) < 4.78 is 15.7. The number of benzene rings is 1. The number of carbonyl (C=O) groups excluding carboxylic acids is 2. The molecule has 5 heteroatoms. The standard InChI is InChI=1S/C17H24O5/c1-14(18)21-11-6-9-17(22-15(2)19)10-12-20-13-16-7-4-3-5-8-16/h3-5,7-8,17H,6,9-13H2,1-2H3/t17-/m1/s1. The SMILES string of the molecule is CC(=O)OCCC[C@H](CCOCc1ccccc1)OC(C)=O. The van der Waals surface area contributed by atoms with Crippen molar-refractivity contribution < 1.29 is 23.8 Å². The number of hydrogen-bond donors (Lipinski definition) is 0. The molecule has 122 valence electrons. The largest absolute Gasteiger partial charge is 0.466 e. The highest BCUT2D eigenvalue weighted by atomic mass is 16.5. The van der Waals surface area contributed by atoms with Gasteiger partial charge in [-0.2, -0.15) is 0 Å². The first-order valence-electron chi connectivity index (χ1n) is 7.50. The Morgan fingerprint density at radius 3 is 2.36 bits per heavy atom. The Bertz CT molecular complexity index is 444. The molecule has 0 spiro atoms. The molecule has 0 saturated heterocycles. The van der Waals surface area contributed by atoms with E-state index in [9.17, 15) is 9.59 Å². The minimum Gasteiger partial charge on any atom is -0.466 e. The molecule has 0 aliphatic carbocycles. The summed E-state index contributed by atoms with van der Waals surface area (Å²) in [5.41, 5.74) is 1.11. The molecule has 0 amide bonds. The topological polar surface area (TPSA) is 61.8 Å². The molecule has 0 heterocycles. The Morgan fingerprint density at radius 1 is 1.00 bits per heavy atom. The molecule has 0 N–H and O–H groups in total. The lowest BCUT2D eigenvalue weighted by Gasteiger charge is -2.17. The Hall–Kier alpha value is -1.88. The van der Waals surface area contributed by atoms with Crippen LogP contribution in [0.4, 0.5) is 0 Å². The fourth-order valence-corrected chi connectivity index (χ4v) is 2.00. The fourth-order valence-electron chi connectivity index (χ4n) is 2.00. The van der Waals surface area contributed by atoms with Crippen molar-refractivity contribution in [3.05, 3.63) is 35.9 Å². The van der Waals surface area contributed by atoms with E-state index in [0.29, 0.717) is 39.1 Å². The van der Waals surface area contributed by atoms with Gasteiger partial charge in [0.1, 0.15) is 6.10 Å². The first kappa shape index (κ1) is 18.2. The van der Waals surface area contributed by atoms with Gasteiger partial charge >= 0.3 is 11.9 Å². The monoisotopic (exact) mass is 308 g/mol. The third kappa shape index (κ3) is 9.13. The van der Waals surface area contributed by atoms with Gasteiger partial charge < -0.3 is 14.2 Å². The molecule has 22 heavy (non-hydrogen) atoms. The van der Waals surface area contributed by atoms with Crippen molar-refractivity contribution in [2.45, 2.75) is 45.8 Å². The van der Waals surface area contributed by atoms with E-state index in [2.05, 4.69) is 0 Å². The summed E-state index contributed by atoms with van der Waals surface area (Å²) >= 11 is 0. The minimum atomic E-state index is -0.305. The van der Waals surface area contributed by atoms with Crippen molar-refractivity contribution in [1.82, 2.24) is 0 Å². The molecule has 0 aliphatic heterocycles. The molecular weight excluding hydrogens is 284 g/mol. The molecular formula is C17H24O5. The van der Waals surface area contributed by atoms with E-state index in [1.165, 1.54) is 13.8 Å². The second-order valence-electron chi connectivity index (χ2n) is 5.04. The number of esters is 2. The molecule has 1 atom stereocenters. The zero-order valence-electron chi connectivity index (χ0n) is 13.2. The van der Waals surface area contributed by atoms with Crippen molar-refractivity contribution in [2.24, 2.45) is 0 Å². The molecule has 1 aromatic rings. The summed E-state index contributed by atoms with van der Waals surface area (Å²) in [6, 6.07) is 9.90. The quantitative estimate of drug-likeness (QED) is 0.491. The van der Waals surface area contributed by atoms with E-state index in [4.69, 9.17) is 14.2 Å². The zero-order valence-corrected chi connectivity index (χ0v) is 13.2. The molecule has 5 nitrogen and oxygen atoms in total. The van der Waals surface area contributed by atoms with Crippen LogP contribution in [0.15, 0.2) is 30.3 Å². The minimum absolute atomic E-state index is 0.205. The highest BCUT2D eigenvalue weighted by Gasteiger charge is 2.12. The van der Waals surface area contributed by atoms with Crippen LogP contribution in [0.3, 0.4) is 0 Å². The zero-order chi connectivity index (χ0) is 16.2. The summed E-state index contributed by atoms with van der Waals surface area (Å²) in [5, 5.41) is 0. The smallest absolute Gasteiger partial charge is 0.302 e. The maximum Gasteiger partial charge on any atom is 0.302 e. The van der Waals surface area contributed by atoms with Crippen LogP contribution in [0.5, 0.6) is 0 Å². The summed E-state index contributed by atoms with van der Waals surface area (Å²) in [5.74, 6) is -0.601. The van der Waals surface area contributed by atoms with Crippen LogP contribution in [0.25, 0.3) is 0 Å². The molecule has 0 unspecified atom stereocenters. The van der Waals surface area contributed by atoms with Crippen LogP contribution in [-0.4, -0.2) is 31.3 Å². The van der Waals surface area contributed by atoms with Crippen molar-refractivity contribution in [3.8, 4) is 0 Å². The highest BCUT2D eigenvalue weighted by Crippen LogP contribution is 2.09. The summed E-state index contributed by atoms with van der Waals surface area (Å²) in [6.45, 7) is 4.17. The molecule has 1 rings (SSSR count). The normalized spacial score (nSPS) is 11.7. The lowest BCUT2D eigenvalue weighted by molar-refractivity contribution is -0.149. The van der Waals surface area contributed by atoms with Gasteiger partial charge in [0.15, 0.2) is 0 Å². The van der Waals surface area contributed by atoms with Crippen molar-refractivity contribution >= 4 is 11.9 Å². The van der Waals surface area contributed by atoms with Crippen LogP contribution in [0, 0.1) is 0 Å². The van der Waals surface area contributed by atoms with Crippen LogP contribution in [0.2, 0.25) is 0 Å². The molecule has 0 bridgehead atoms. The van der Waals surface area contributed by atoms with Crippen molar-refractivity contribution in [2.75, 3.05) is 13.2 Å². The van der Waals surface area contributed by atoms with Crippen LogP contribution < -0.4 is 0 Å². The average Bonchev–Trinajstić information content (AvgIpc) is 2.48. The maximum absolute atomic E-state index is 11.1. The first-order chi connectivity index (χ1) is 10.6. The van der Waals surface area contributed by atoms with Gasteiger partial charge in [-0.25, -0.2) is 0 Å². The number of hydrogen-bond acceptors (Lipinski definition) is 5. The van der Waals surface area contributed by atoms with Crippen LogP contribution in [0.1, 0.15) is 38.7 Å². The van der Waals surface area contributed by atoms with Gasteiger partial charge in [-0.1, -0.05) is 30.3 Å². The van der Waals surface area contributed by atoms with Gasteiger partial charge in [0, 0.05) is 20.3 Å². The van der Waals surface area contributed by atoms with E-state index < -0.39 is 0 Å². The third-order valence-corrected chi connectivity index (χ3v) is 3.00. The number of rotatable bonds is 10. The predicted molar refractivity (Wildman–Crippen MR) is 82.1 cm³/mol. The van der Waals surface area contributed by atoms with Crippen molar-refractivity contribution in [1.29, 1.82) is 0 Å². The summed E-state index contributed by atoms with van der Waals surface area (Å²) in [7, 11) is 0. The number of ether oxygens (including phenoxy) is 3. The summed E-state index contributed by atoms with van der Waals surface area (Å²) in [4.78, 5) is 21.8. The van der Waals surface area contributed by atoms with Gasteiger partial charge in [0.05, 0.1) is 19.8 Å². The van der Waals surface area contributed by atoms with Gasteiger partial charge in [-0.15, -0.1) is 0 Å². The van der Waals surface area contributed by atoms with Gasteiger partial charge in [0.25, 0.3) is 0 Å². The molecule has 0 fully saturated rings. The van der Waals surface area contributed by atoms with E-state index in [0.717, 1.165) is 5.56 Å².